The number of hydrogen-bond acceptors (Lipinski definition) is 23. The molecular formula is C88H121Cl6N11O21S3. The number of nitrogens with one attached hydrogen (secondary N) is 9. The standard InChI is InChI=1S/C88H121Cl6N11O21S3/c1-104-54-74(72-48-63(90)51-79(93)76(72)56-104)60-13-6-18-67(45-60)128(117,118)101-29-35-124-39-38-121-32-9-16-65(107)15-3-4-22-88(103-87(114)99-53-81(108)83(110)84(111)82(109)58-106,23-10-25-95-85(112)97-27-33-122-40-42-125-36-30-100-127(115,116)66-17-5-12-59(44-66)69-20-8-21-70-71(69)47-62(89)50-78(70)92)24-11-26-96-86(113)98-28-34-123-41-43-126-37-31-102-129(119,120)68-19-7-14-61(46-68)75-55-105(2)57-77-73(75)49-64(91)52-80(77)94/h5-7,12-14,17-19,44-52,69,74-75,81-84,100-102,106,108-111H,3-4,8-11,15-16,20-43,53-58H2,1-2H3,(H2,95,97,112)(H2,96,98,113)(H2,99,103,114)/t69-,74-,75-,81-,82+,83+,84+,88?/m0/s1. The van der Waals surface area contributed by atoms with E-state index in [1.165, 1.54) is 18.2 Å². The van der Waals surface area contributed by atoms with Gasteiger partial charge in [0.05, 0.1) is 100 Å². The molecule has 0 aromatic heterocycles. The van der Waals surface area contributed by atoms with E-state index in [0.717, 1.165) is 69.3 Å². The van der Waals surface area contributed by atoms with Crippen molar-refractivity contribution in [2.45, 2.75) is 159 Å². The van der Waals surface area contributed by atoms with Crippen LogP contribution in [0.4, 0.5) is 14.4 Å². The first-order chi connectivity index (χ1) is 61.7. The van der Waals surface area contributed by atoms with Crippen LogP contribution in [0.2, 0.25) is 30.1 Å². The van der Waals surface area contributed by atoms with Crippen LogP contribution in [-0.2, 0) is 82.8 Å². The molecule has 8 atom stereocenters. The summed E-state index contributed by atoms with van der Waals surface area (Å²) in [5, 5.41) is 70.8. The normalized spacial score (nSPS) is 16.9. The van der Waals surface area contributed by atoms with E-state index in [2.05, 4.69) is 55.9 Å². The number of sulfonamides is 3. The molecule has 41 heteroatoms. The number of ether oxygens (including phenoxy) is 6. The number of rotatable bonds is 57. The van der Waals surface area contributed by atoms with Gasteiger partial charge >= 0.3 is 18.1 Å². The number of urea groups is 3. The van der Waals surface area contributed by atoms with Crippen molar-refractivity contribution in [3.8, 4) is 0 Å². The Morgan fingerprint density at radius 2 is 0.798 bits per heavy atom. The van der Waals surface area contributed by atoms with E-state index in [1.807, 2.05) is 50.5 Å². The molecule has 1 unspecified atom stereocenters. The molecule has 2 heterocycles. The van der Waals surface area contributed by atoms with Gasteiger partial charge in [-0.2, -0.15) is 0 Å². The van der Waals surface area contributed by atoms with Crippen LogP contribution in [0.15, 0.2) is 124 Å². The van der Waals surface area contributed by atoms with Gasteiger partial charge in [-0.25, -0.2) is 53.8 Å². The molecule has 14 N–H and O–H groups in total. The molecule has 6 amide bonds. The molecule has 6 aromatic carbocycles. The van der Waals surface area contributed by atoms with Gasteiger partial charge in [0.2, 0.25) is 30.1 Å². The molecule has 714 valence electrons. The van der Waals surface area contributed by atoms with Gasteiger partial charge in [0, 0.05) is 151 Å². The Morgan fingerprint density at radius 1 is 0.426 bits per heavy atom. The van der Waals surface area contributed by atoms with Crippen LogP contribution in [0.25, 0.3) is 0 Å². The number of amides is 6. The largest absolute Gasteiger partial charge is 0.394 e. The highest BCUT2D eigenvalue weighted by molar-refractivity contribution is 7.90. The Hall–Kier alpha value is -6.25. The average Bonchev–Trinajstić information content (AvgIpc) is 0.780. The van der Waals surface area contributed by atoms with E-state index in [-0.39, 0.29) is 208 Å². The fraction of sp³-hybridized carbons (Fsp3) is 0.545. The Kier molecular flexibility index (Phi) is 44.3. The molecular weight excluding hydrogens is 1860 g/mol. The van der Waals surface area contributed by atoms with E-state index in [0.29, 0.717) is 75.6 Å². The second-order valence-corrected chi connectivity index (χ2v) is 40.1. The first kappa shape index (κ1) is 106. The zero-order valence-electron chi connectivity index (χ0n) is 72.5. The van der Waals surface area contributed by atoms with Crippen molar-refractivity contribution < 1.29 is 98.4 Å². The highest BCUT2D eigenvalue weighted by Gasteiger charge is 2.36. The minimum absolute atomic E-state index is 0.000630. The number of carbonyl (C=O) groups is 4. The van der Waals surface area contributed by atoms with Crippen LogP contribution in [0.5, 0.6) is 0 Å². The maximum Gasteiger partial charge on any atom is 0.315 e. The first-order valence-electron chi connectivity index (χ1n) is 43.3. The lowest BCUT2D eigenvalue weighted by atomic mass is 9.79. The molecule has 0 fully saturated rings. The number of ketones is 1. The highest BCUT2D eigenvalue weighted by Crippen LogP contribution is 2.44. The summed E-state index contributed by atoms with van der Waals surface area (Å²) in [6.07, 6.45) is -2.13. The third-order valence-corrected chi connectivity index (χ3v) is 28.5. The second kappa shape index (κ2) is 53.7. The third-order valence-electron chi connectivity index (χ3n) is 22.5. The molecule has 0 saturated carbocycles. The molecule has 129 heavy (non-hydrogen) atoms. The predicted octanol–water partition coefficient (Wildman–Crippen LogP) is 9.11. The van der Waals surface area contributed by atoms with Gasteiger partial charge in [-0.15, -0.1) is 0 Å². The number of halogens is 6. The van der Waals surface area contributed by atoms with E-state index < -0.39 is 91.3 Å². The number of benzene rings is 6. The van der Waals surface area contributed by atoms with Crippen LogP contribution in [-0.4, -0.2) is 280 Å². The molecule has 32 nitrogen and oxygen atoms in total. The van der Waals surface area contributed by atoms with Crippen LogP contribution in [0.3, 0.4) is 0 Å². The van der Waals surface area contributed by atoms with Gasteiger partial charge in [-0.1, -0.05) is 112 Å². The van der Waals surface area contributed by atoms with Crippen molar-refractivity contribution in [3.05, 3.63) is 189 Å². The maximum atomic E-state index is 14.0. The number of carbonyl (C=O) groups excluding carboxylic acids is 4. The van der Waals surface area contributed by atoms with Gasteiger partial charge in [-0.05, 0) is 201 Å². The summed E-state index contributed by atoms with van der Waals surface area (Å²) in [6, 6.07) is 29.3. The van der Waals surface area contributed by atoms with Crippen LogP contribution >= 0.6 is 69.6 Å². The van der Waals surface area contributed by atoms with Crippen LogP contribution < -0.4 is 46.1 Å². The Bertz CT molecular complexity index is 4790. The summed E-state index contributed by atoms with van der Waals surface area (Å²) in [5.74, 6) is -0.425. The van der Waals surface area contributed by atoms with Crippen molar-refractivity contribution in [2.24, 2.45) is 0 Å². The molecule has 9 rings (SSSR count). The topological polar surface area (TPSA) is 442 Å². The summed E-state index contributed by atoms with van der Waals surface area (Å²) in [6.45, 7) is 3.00. The van der Waals surface area contributed by atoms with Crippen molar-refractivity contribution >= 4 is 124 Å². The Morgan fingerprint density at radius 3 is 1.23 bits per heavy atom. The molecule has 0 spiro atoms. The number of nitrogens with zero attached hydrogens (tertiary/aromatic N) is 2. The first-order valence-corrected chi connectivity index (χ1v) is 50.0. The summed E-state index contributed by atoms with van der Waals surface area (Å²) in [5.41, 5.74) is 7.16. The molecule has 0 saturated heterocycles. The number of Topliss-reactive ketones (excluding diaryl/α,β-unsaturated/α-hetero) is 1. The fourth-order valence-electron chi connectivity index (χ4n) is 16.0. The zero-order chi connectivity index (χ0) is 93.1. The van der Waals surface area contributed by atoms with Crippen LogP contribution in [0.1, 0.15) is 145 Å². The number of fused-ring (bicyclic) bond motifs is 3. The van der Waals surface area contributed by atoms with Crippen molar-refractivity contribution in [1.29, 1.82) is 0 Å². The van der Waals surface area contributed by atoms with Gasteiger partial charge in [0.25, 0.3) is 0 Å². The van der Waals surface area contributed by atoms with Gasteiger partial charge in [-0.3, -0.25) is 4.79 Å². The molecule has 0 radical (unpaired) electrons. The van der Waals surface area contributed by atoms with Gasteiger partial charge in [0.15, 0.2) is 0 Å². The quantitative estimate of drug-likeness (QED) is 0.0158. The third kappa shape index (κ3) is 34.3. The summed E-state index contributed by atoms with van der Waals surface area (Å²) >= 11 is 38.9. The SMILES string of the molecule is CN1Cc2c(Cl)cc(Cl)cc2[C@H](c2cccc(S(=O)(=O)NCCOCCOCCCC(=O)CCCCC(CCCNC(=O)NCCOCCOCCNS(=O)(=O)c3cccc([C@@H]4CCCc5c(Cl)cc(Cl)cc54)c3)(CCCNC(=O)NCCOCCOCCNS(=O)(=O)c3cccc([C@@H]4CN(C)Cc5c(Cl)cc(Cl)cc54)c3)NC(=O)NC[C@H](O)[C@@H](O)[C@H](O)[C@H](O)CO)c2)C1. The van der Waals surface area contributed by atoms with E-state index in [4.69, 9.17) is 98.0 Å². The van der Waals surface area contributed by atoms with Crippen molar-refractivity contribution in [2.75, 3.05) is 165 Å². The number of aliphatic hydroxyl groups is 5. The summed E-state index contributed by atoms with van der Waals surface area (Å²) in [4.78, 5) is 58.1. The number of unbranched alkanes of at least 4 members (excludes halogenated alkanes) is 1. The lowest BCUT2D eigenvalue weighted by Crippen LogP contribution is -2.55. The maximum absolute atomic E-state index is 14.0. The lowest BCUT2D eigenvalue weighted by molar-refractivity contribution is -0.119. The summed E-state index contributed by atoms with van der Waals surface area (Å²) in [7, 11) is -7.75. The Labute approximate surface area is 786 Å². The minimum atomic E-state index is -3.91. The predicted molar refractivity (Wildman–Crippen MR) is 495 cm³/mol. The monoisotopic (exact) mass is 1970 g/mol. The summed E-state index contributed by atoms with van der Waals surface area (Å²) < 4.78 is 122. The smallest absolute Gasteiger partial charge is 0.315 e. The fourth-order valence-corrected chi connectivity index (χ4v) is 20.9. The van der Waals surface area contributed by atoms with Crippen LogP contribution in [0, 0.1) is 0 Å². The Balaban J connectivity index is 0.707. The highest BCUT2D eigenvalue weighted by atomic mass is 35.5. The molecule has 2 aliphatic heterocycles. The minimum Gasteiger partial charge on any atom is -0.394 e. The number of hydrogen-bond donors (Lipinski definition) is 14. The second-order valence-electron chi connectivity index (χ2n) is 32.2. The molecule has 1 aliphatic carbocycles. The molecule has 6 aromatic rings. The van der Waals surface area contributed by atoms with Crippen molar-refractivity contribution in [1.82, 2.24) is 55.9 Å². The number of aliphatic hydroxyl groups excluding tert-OH is 5. The molecule has 0 bridgehead atoms. The molecule has 3 aliphatic rings. The van der Waals surface area contributed by atoms with Crippen molar-refractivity contribution in [3.63, 3.8) is 0 Å². The zero-order valence-corrected chi connectivity index (χ0v) is 79.4. The number of likely N-dealkylation sites (N-methyl/N-ethyl adjacent to an activating group) is 2. The van der Waals surface area contributed by atoms with Gasteiger partial charge < -0.3 is 95.7 Å². The average molecular weight is 1980 g/mol. The van der Waals surface area contributed by atoms with E-state index in [9.17, 15) is 70.0 Å². The van der Waals surface area contributed by atoms with E-state index >= 15 is 0 Å². The lowest BCUT2D eigenvalue weighted by Gasteiger charge is -2.36. The van der Waals surface area contributed by atoms with E-state index in [1.54, 1.807) is 54.6 Å². The van der Waals surface area contributed by atoms with Gasteiger partial charge in [0.1, 0.15) is 24.1 Å².